The molecule has 1 N–H and O–H groups in total. The van der Waals surface area contributed by atoms with E-state index in [0.717, 1.165) is 25.7 Å². The van der Waals surface area contributed by atoms with Crippen molar-refractivity contribution < 1.29 is 9.13 Å². The Balaban J connectivity index is 1.66. The standard InChI is InChI=1S/C15H20FNO/c1-18-13-5-4-12(9-13)17-15-7-2-10-8-11(16)3-6-14(10)15/h3,6,8,12-13,15,17H,2,4-5,7,9H2,1H3. The summed E-state index contributed by atoms with van der Waals surface area (Å²) >= 11 is 0. The first-order valence-electron chi connectivity index (χ1n) is 6.83. The first-order valence-corrected chi connectivity index (χ1v) is 6.83. The van der Waals surface area contributed by atoms with Crippen molar-refractivity contribution in [1.82, 2.24) is 5.32 Å². The largest absolute Gasteiger partial charge is 0.381 e. The molecule has 2 aliphatic carbocycles. The third-order valence-electron chi connectivity index (χ3n) is 4.34. The van der Waals surface area contributed by atoms with E-state index in [1.54, 1.807) is 19.2 Å². The molecule has 1 saturated carbocycles. The fraction of sp³-hybridized carbons (Fsp3) is 0.600. The molecule has 3 heteroatoms. The minimum Gasteiger partial charge on any atom is -0.381 e. The SMILES string of the molecule is COC1CCC(NC2CCc3cc(F)ccc32)C1. The number of hydrogen-bond donors (Lipinski definition) is 1. The lowest BCUT2D eigenvalue weighted by molar-refractivity contribution is 0.106. The van der Waals surface area contributed by atoms with Gasteiger partial charge in [0.2, 0.25) is 0 Å². The molecule has 0 aromatic heterocycles. The molecule has 1 fully saturated rings. The van der Waals surface area contributed by atoms with E-state index in [1.807, 2.05) is 6.07 Å². The van der Waals surface area contributed by atoms with Crippen LogP contribution in [0.1, 0.15) is 42.9 Å². The number of rotatable bonds is 3. The van der Waals surface area contributed by atoms with Crippen LogP contribution in [0.5, 0.6) is 0 Å². The van der Waals surface area contributed by atoms with Gasteiger partial charge in [0.15, 0.2) is 0 Å². The van der Waals surface area contributed by atoms with Gasteiger partial charge in [-0.15, -0.1) is 0 Å². The summed E-state index contributed by atoms with van der Waals surface area (Å²) in [6.45, 7) is 0. The van der Waals surface area contributed by atoms with Crippen LogP contribution in [0.4, 0.5) is 4.39 Å². The van der Waals surface area contributed by atoms with Gasteiger partial charge >= 0.3 is 0 Å². The Hall–Kier alpha value is -0.930. The fourth-order valence-corrected chi connectivity index (χ4v) is 3.35. The summed E-state index contributed by atoms with van der Waals surface area (Å²) in [5.41, 5.74) is 2.46. The van der Waals surface area contributed by atoms with Crippen LogP contribution >= 0.6 is 0 Å². The summed E-state index contributed by atoms with van der Waals surface area (Å²) in [5.74, 6) is -0.116. The predicted molar refractivity (Wildman–Crippen MR) is 69.0 cm³/mol. The van der Waals surface area contributed by atoms with Crippen molar-refractivity contribution in [1.29, 1.82) is 0 Å². The van der Waals surface area contributed by atoms with Gasteiger partial charge in [0.05, 0.1) is 6.10 Å². The van der Waals surface area contributed by atoms with Crippen LogP contribution in [0.25, 0.3) is 0 Å². The lowest BCUT2D eigenvalue weighted by atomic mass is 10.1. The molecule has 98 valence electrons. The molecular weight excluding hydrogens is 229 g/mol. The Morgan fingerprint density at radius 1 is 1.28 bits per heavy atom. The van der Waals surface area contributed by atoms with E-state index in [-0.39, 0.29) is 5.82 Å². The number of aryl methyl sites for hydroxylation is 1. The molecule has 2 nitrogen and oxygen atoms in total. The van der Waals surface area contributed by atoms with Crippen LogP contribution in [-0.4, -0.2) is 19.3 Å². The molecule has 3 unspecified atom stereocenters. The molecule has 0 aliphatic heterocycles. The Labute approximate surface area is 108 Å². The van der Waals surface area contributed by atoms with E-state index < -0.39 is 0 Å². The molecule has 1 aromatic carbocycles. The van der Waals surface area contributed by atoms with Gasteiger partial charge in [-0.2, -0.15) is 0 Å². The summed E-state index contributed by atoms with van der Waals surface area (Å²) in [5, 5.41) is 3.72. The minimum absolute atomic E-state index is 0.116. The Bertz CT molecular complexity index is 435. The fourth-order valence-electron chi connectivity index (χ4n) is 3.35. The van der Waals surface area contributed by atoms with Crippen molar-refractivity contribution in [2.24, 2.45) is 0 Å². The van der Waals surface area contributed by atoms with Gasteiger partial charge in [-0.05, 0) is 55.4 Å². The first-order chi connectivity index (χ1) is 8.76. The summed E-state index contributed by atoms with van der Waals surface area (Å²) < 4.78 is 18.6. The molecule has 0 bridgehead atoms. The molecule has 0 spiro atoms. The quantitative estimate of drug-likeness (QED) is 0.889. The second-order valence-electron chi connectivity index (χ2n) is 5.47. The molecule has 1 aromatic rings. The average molecular weight is 249 g/mol. The zero-order valence-corrected chi connectivity index (χ0v) is 10.8. The predicted octanol–water partition coefficient (Wildman–Crippen LogP) is 2.97. The number of fused-ring (bicyclic) bond motifs is 1. The van der Waals surface area contributed by atoms with Crippen LogP contribution in [0.3, 0.4) is 0 Å². The summed E-state index contributed by atoms with van der Waals surface area (Å²) in [6.07, 6.45) is 5.93. The van der Waals surface area contributed by atoms with E-state index in [0.29, 0.717) is 18.2 Å². The maximum absolute atomic E-state index is 13.2. The van der Waals surface area contributed by atoms with Crippen LogP contribution in [0.15, 0.2) is 18.2 Å². The minimum atomic E-state index is -0.116. The summed E-state index contributed by atoms with van der Waals surface area (Å²) in [4.78, 5) is 0. The smallest absolute Gasteiger partial charge is 0.123 e. The normalized spacial score (nSPS) is 30.7. The number of ether oxygens (including phenoxy) is 1. The third-order valence-corrected chi connectivity index (χ3v) is 4.34. The monoisotopic (exact) mass is 249 g/mol. The Morgan fingerprint density at radius 3 is 2.94 bits per heavy atom. The van der Waals surface area contributed by atoms with Gasteiger partial charge in [0.25, 0.3) is 0 Å². The molecule has 3 rings (SSSR count). The van der Waals surface area contributed by atoms with Crippen molar-refractivity contribution in [3.63, 3.8) is 0 Å². The Kier molecular flexibility index (Phi) is 3.35. The number of benzene rings is 1. The van der Waals surface area contributed by atoms with E-state index >= 15 is 0 Å². The average Bonchev–Trinajstić information content (AvgIpc) is 2.97. The maximum Gasteiger partial charge on any atom is 0.123 e. The molecule has 0 heterocycles. The van der Waals surface area contributed by atoms with Crippen LogP contribution in [0, 0.1) is 5.82 Å². The van der Waals surface area contributed by atoms with Gasteiger partial charge in [0, 0.05) is 19.2 Å². The Morgan fingerprint density at radius 2 is 2.17 bits per heavy atom. The lowest BCUT2D eigenvalue weighted by Gasteiger charge is -2.20. The summed E-state index contributed by atoms with van der Waals surface area (Å²) in [6, 6.07) is 6.16. The second-order valence-corrected chi connectivity index (χ2v) is 5.47. The highest BCUT2D eigenvalue weighted by Gasteiger charge is 2.29. The van der Waals surface area contributed by atoms with E-state index in [9.17, 15) is 4.39 Å². The van der Waals surface area contributed by atoms with Crippen molar-refractivity contribution in [3.8, 4) is 0 Å². The van der Waals surface area contributed by atoms with E-state index in [2.05, 4.69) is 5.32 Å². The lowest BCUT2D eigenvalue weighted by Crippen LogP contribution is -2.30. The number of nitrogens with one attached hydrogen (secondary N) is 1. The van der Waals surface area contributed by atoms with Crippen molar-refractivity contribution in [2.45, 2.75) is 50.3 Å². The topological polar surface area (TPSA) is 21.3 Å². The van der Waals surface area contributed by atoms with E-state index in [4.69, 9.17) is 4.74 Å². The number of methoxy groups -OCH3 is 1. The molecule has 3 atom stereocenters. The highest BCUT2D eigenvalue weighted by atomic mass is 19.1. The van der Waals surface area contributed by atoms with Gasteiger partial charge in [-0.1, -0.05) is 6.07 Å². The van der Waals surface area contributed by atoms with Crippen molar-refractivity contribution in [3.05, 3.63) is 35.1 Å². The molecule has 0 amide bonds. The first kappa shape index (κ1) is 12.1. The zero-order chi connectivity index (χ0) is 12.5. The second kappa shape index (κ2) is 4.98. The van der Waals surface area contributed by atoms with Crippen LogP contribution < -0.4 is 5.32 Å². The van der Waals surface area contributed by atoms with E-state index in [1.165, 1.54) is 17.5 Å². The maximum atomic E-state index is 13.2. The number of hydrogen-bond acceptors (Lipinski definition) is 2. The molecule has 0 saturated heterocycles. The molecule has 2 aliphatic rings. The van der Waals surface area contributed by atoms with Crippen molar-refractivity contribution >= 4 is 0 Å². The van der Waals surface area contributed by atoms with Crippen LogP contribution in [-0.2, 0) is 11.2 Å². The van der Waals surface area contributed by atoms with Crippen LogP contribution in [0.2, 0.25) is 0 Å². The van der Waals surface area contributed by atoms with Gasteiger partial charge in [0.1, 0.15) is 5.82 Å². The highest BCUT2D eigenvalue weighted by molar-refractivity contribution is 5.35. The highest BCUT2D eigenvalue weighted by Crippen LogP contribution is 2.33. The molecule has 0 radical (unpaired) electrons. The van der Waals surface area contributed by atoms with Gasteiger partial charge < -0.3 is 10.1 Å². The third kappa shape index (κ3) is 2.29. The van der Waals surface area contributed by atoms with Crippen molar-refractivity contribution in [2.75, 3.05) is 7.11 Å². The molecular formula is C15H20FNO. The zero-order valence-electron chi connectivity index (χ0n) is 10.8. The van der Waals surface area contributed by atoms with Gasteiger partial charge in [-0.3, -0.25) is 0 Å². The molecule has 18 heavy (non-hydrogen) atoms. The summed E-state index contributed by atoms with van der Waals surface area (Å²) in [7, 11) is 1.79. The number of halogens is 1. The van der Waals surface area contributed by atoms with Gasteiger partial charge in [-0.25, -0.2) is 4.39 Å².